The summed E-state index contributed by atoms with van der Waals surface area (Å²) in [5.74, 6) is 6.60. The second-order valence-electron chi connectivity index (χ2n) is 4.99. The van der Waals surface area contributed by atoms with Crippen molar-refractivity contribution in [3.63, 3.8) is 0 Å². The Morgan fingerprint density at radius 1 is 1.30 bits per heavy atom. The maximum Gasteiger partial charge on any atom is 0.166 e. The fourth-order valence-electron chi connectivity index (χ4n) is 2.15. The van der Waals surface area contributed by atoms with Gasteiger partial charge in [0.1, 0.15) is 6.29 Å². The molecule has 0 saturated carbocycles. The number of carbonyl (C=O) groups is 1. The molecule has 0 fully saturated rings. The first kappa shape index (κ1) is 15.7. The van der Waals surface area contributed by atoms with Crippen molar-refractivity contribution in [2.24, 2.45) is 0 Å². The fourth-order valence-corrected chi connectivity index (χ4v) is 2.93. The Morgan fingerprint density at radius 3 is 2.96 bits per heavy atom. The molecule has 3 rings (SSSR count). The summed E-state index contributed by atoms with van der Waals surface area (Å²) in [4.78, 5) is 18.0. The molecule has 0 aliphatic rings. The van der Waals surface area contributed by atoms with Gasteiger partial charge in [0.05, 0.1) is 21.8 Å². The van der Waals surface area contributed by atoms with Crippen LogP contribution in [0.1, 0.15) is 16.7 Å². The average Bonchev–Trinajstić information content (AvgIpc) is 2.92. The molecule has 0 atom stereocenters. The molecule has 3 nitrogen and oxygen atoms in total. The monoisotopic (exact) mass is 340 g/mol. The maximum atomic E-state index is 10.4. The summed E-state index contributed by atoms with van der Waals surface area (Å²) in [5, 5.41) is 1.28. The van der Waals surface area contributed by atoms with E-state index in [2.05, 4.69) is 21.8 Å². The zero-order valence-corrected chi connectivity index (χ0v) is 14.0. The smallest absolute Gasteiger partial charge is 0.166 e. The van der Waals surface area contributed by atoms with E-state index in [0.29, 0.717) is 15.9 Å². The van der Waals surface area contributed by atoms with Gasteiger partial charge in [0.25, 0.3) is 0 Å². The first-order valence-corrected chi connectivity index (χ1v) is 8.36. The minimum atomic E-state index is 0.369. The standard InChI is InChI=1S/C18H13ClN2OS/c1-12-3-2-4-13(9-12)5-6-14-10-16-17(11-15(14)19)21-18(20-16)23-8-7-22/h2-4,7,9-11H,8H2,1H3,(H,20,21). The SMILES string of the molecule is Cc1cccc(C#Cc2cc3nc(SCC=O)[nH]c3cc2Cl)c1. The predicted molar refractivity (Wildman–Crippen MR) is 95.1 cm³/mol. The minimum absolute atomic E-state index is 0.369. The van der Waals surface area contributed by atoms with Gasteiger partial charge in [0, 0.05) is 11.1 Å². The third kappa shape index (κ3) is 3.76. The molecule has 0 aliphatic carbocycles. The van der Waals surface area contributed by atoms with E-state index in [1.165, 1.54) is 17.3 Å². The molecule has 23 heavy (non-hydrogen) atoms. The van der Waals surface area contributed by atoms with Gasteiger partial charge in [-0.05, 0) is 36.8 Å². The van der Waals surface area contributed by atoms with E-state index in [-0.39, 0.29) is 0 Å². The molecule has 2 aromatic carbocycles. The summed E-state index contributed by atoms with van der Waals surface area (Å²) in [6.45, 7) is 2.03. The molecule has 0 radical (unpaired) electrons. The maximum absolute atomic E-state index is 10.4. The number of H-pyrrole nitrogens is 1. The number of aromatic amines is 1. The lowest BCUT2D eigenvalue weighted by atomic mass is 10.1. The molecular weight excluding hydrogens is 328 g/mol. The molecule has 1 N–H and O–H groups in total. The van der Waals surface area contributed by atoms with Crippen molar-refractivity contribution in [1.29, 1.82) is 0 Å². The Kier molecular flexibility index (Phi) is 4.71. The third-order valence-corrected chi connectivity index (χ3v) is 4.28. The number of hydrogen-bond donors (Lipinski definition) is 1. The Hall–Kier alpha value is -2.22. The number of rotatable bonds is 3. The number of benzene rings is 2. The molecule has 0 unspecified atom stereocenters. The Morgan fingerprint density at radius 2 is 2.17 bits per heavy atom. The molecule has 0 spiro atoms. The number of carbonyl (C=O) groups excluding carboxylic acids is 1. The number of aldehydes is 1. The van der Waals surface area contributed by atoms with Gasteiger partial charge in [0.15, 0.2) is 5.16 Å². The zero-order chi connectivity index (χ0) is 16.2. The second-order valence-corrected chi connectivity index (χ2v) is 6.40. The van der Waals surface area contributed by atoms with Gasteiger partial charge in [-0.1, -0.05) is 47.3 Å². The predicted octanol–water partition coefficient (Wildman–Crippen LogP) is 4.22. The molecule has 0 saturated heterocycles. The Labute approximate surface area is 143 Å². The van der Waals surface area contributed by atoms with Crippen LogP contribution in [0.15, 0.2) is 41.6 Å². The first-order chi connectivity index (χ1) is 11.2. The van der Waals surface area contributed by atoms with Crippen LogP contribution in [0.25, 0.3) is 11.0 Å². The quantitative estimate of drug-likeness (QED) is 0.441. The van der Waals surface area contributed by atoms with Crippen LogP contribution in [0.2, 0.25) is 5.02 Å². The highest BCUT2D eigenvalue weighted by atomic mass is 35.5. The largest absolute Gasteiger partial charge is 0.333 e. The number of fused-ring (bicyclic) bond motifs is 1. The molecular formula is C18H13ClN2OS. The average molecular weight is 341 g/mol. The number of imidazole rings is 1. The summed E-state index contributed by atoms with van der Waals surface area (Å²) in [6, 6.07) is 11.7. The summed E-state index contributed by atoms with van der Waals surface area (Å²) in [5.41, 5.74) is 4.48. The van der Waals surface area contributed by atoms with Crippen LogP contribution in [0.3, 0.4) is 0 Å². The lowest BCUT2D eigenvalue weighted by Crippen LogP contribution is -1.81. The Balaban J connectivity index is 1.95. The summed E-state index contributed by atoms with van der Waals surface area (Å²) >= 11 is 7.66. The number of aromatic nitrogens is 2. The Bertz CT molecular complexity index is 937. The number of hydrogen-bond acceptors (Lipinski definition) is 3. The normalized spacial score (nSPS) is 10.3. The van der Waals surface area contributed by atoms with E-state index in [4.69, 9.17) is 11.6 Å². The van der Waals surface area contributed by atoms with Crippen LogP contribution >= 0.6 is 23.4 Å². The number of aryl methyl sites for hydroxylation is 1. The lowest BCUT2D eigenvalue weighted by molar-refractivity contribution is -0.105. The second kappa shape index (κ2) is 6.91. The molecule has 1 aromatic heterocycles. The van der Waals surface area contributed by atoms with Crippen molar-refractivity contribution in [1.82, 2.24) is 9.97 Å². The van der Waals surface area contributed by atoms with Crippen LogP contribution in [-0.2, 0) is 4.79 Å². The van der Waals surface area contributed by atoms with Crippen LogP contribution < -0.4 is 0 Å². The van der Waals surface area contributed by atoms with E-state index < -0.39 is 0 Å². The van der Waals surface area contributed by atoms with Crippen molar-refractivity contribution in [2.75, 3.05) is 5.75 Å². The molecule has 114 valence electrons. The van der Waals surface area contributed by atoms with Gasteiger partial charge in [-0.3, -0.25) is 0 Å². The van der Waals surface area contributed by atoms with E-state index >= 15 is 0 Å². The highest BCUT2D eigenvalue weighted by Gasteiger charge is 2.07. The van der Waals surface area contributed by atoms with Gasteiger partial charge in [-0.2, -0.15) is 0 Å². The van der Waals surface area contributed by atoms with Gasteiger partial charge in [-0.15, -0.1) is 0 Å². The van der Waals surface area contributed by atoms with Crippen molar-refractivity contribution < 1.29 is 4.79 Å². The van der Waals surface area contributed by atoms with Crippen LogP contribution in [0.4, 0.5) is 0 Å². The van der Waals surface area contributed by atoms with E-state index in [1.54, 1.807) is 0 Å². The summed E-state index contributed by atoms with van der Waals surface area (Å²) in [7, 11) is 0. The fraction of sp³-hybridized carbons (Fsp3) is 0.111. The number of halogens is 1. The van der Waals surface area contributed by atoms with Crippen LogP contribution in [0, 0.1) is 18.8 Å². The van der Waals surface area contributed by atoms with E-state index in [9.17, 15) is 4.79 Å². The molecule has 0 bridgehead atoms. The minimum Gasteiger partial charge on any atom is -0.333 e. The van der Waals surface area contributed by atoms with Crippen LogP contribution in [0.5, 0.6) is 0 Å². The third-order valence-electron chi connectivity index (χ3n) is 3.20. The molecule has 5 heteroatoms. The van der Waals surface area contributed by atoms with Crippen molar-refractivity contribution in [3.8, 4) is 11.8 Å². The van der Waals surface area contributed by atoms with Gasteiger partial charge in [-0.25, -0.2) is 4.98 Å². The van der Waals surface area contributed by atoms with Crippen LogP contribution in [-0.4, -0.2) is 22.0 Å². The summed E-state index contributed by atoms with van der Waals surface area (Å²) in [6.07, 6.45) is 0.851. The molecule has 0 amide bonds. The van der Waals surface area contributed by atoms with Gasteiger partial charge >= 0.3 is 0 Å². The van der Waals surface area contributed by atoms with Crippen molar-refractivity contribution in [2.45, 2.75) is 12.1 Å². The van der Waals surface area contributed by atoms with Crippen molar-refractivity contribution >= 4 is 40.7 Å². The summed E-state index contributed by atoms with van der Waals surface area (Å²) < 4.78 is 0. The molecule has 1 heterocycles. The van der Waals surface area contributed by atoms with Crippen molar-refractivity contribution in [3.05, 3.63) is 58.1 Å². The molecule has 3 aromatic rings. The zero-order valence-electron chi connectivity index (χ0n) is 12.4. The lowest BCUT2D eigenvalue weighted by Gasteiger charge is -1.96. The highest BCUT2D eigenvalue weighted by molar-refractivity contribution is 7.99. The number of nitrogens with one attached hydrogen (secondary N) is 1. The number of nitrogens with zero attached hydrogens (tertiary/aromatic N) is 1. The van der Waals surface area contributed by atoms with Gasteiger partial charge < -0.3 is 9.78 Å². The number of thioether (sulfide) groups is 1. The first-order valence-electron chi connectivity index (χ1n) is 7.00. The van der Waals surface area contributed by atoms with E-state index in [0.717, 1.165) is 28.4 Å². The molecule has 0 aliphatic heterocycles. The topological polar surface area (TPSA) is 45.8 Å². The highest BCUT2D eigenvalue weighted by Crippen LogP contribution is 2.25. The van der Waals surface area contributed by atoms with Gasteiger partial charge in [0.2, 0.25) is 0 Å². The van der Waals surface area contributed by atoms with E-state index in [1.807, 2.05) is 43.3 Å².